The number of piperazine rings is 1. The van der Waals surface area contributed by atoms with E-state index < -0.39 is 0 Å². The number of aliphatic imine (C=N–C) groups is 1. The van der Waals surface area contributed by atoms with Gasteiger partial charge in [-0.2, -0.15) is 0 Å². The van der Waals surface area contributed by atoms with Crippen LogP contribution in [-0.4, -0.2) is 97.8 Å². The van der Waals surface area contributed by atoms with Crippen molar-refractivity contribution in [1.29, 1.82) is 0 Å². The first-order chi connectivity index (χ1) is 12.9. The Morgan fingerprint density at radius 1 is 1.11 bits per heavy atom. The maximum atomic E-state index is 5.40. The summed E-state index contributed by atoms with van der Waals surface area (Å²) in [4.78, 5) is 20.6. The largest absolute Gasteiger partial charge is 0.379 e. The second-order valence-electron chi connectivity index (χ2n) is 6.57. The lowest BCUT2D eigenvalue weighted by atomic mass is 10.3. The summed E-state index contributed by atoms with van der Waals surface area (Å²) >= 11 is 0. The van der Waals surface area contributed by atoms with Crippen molar-refractivity contribution in [2.45, 2.75) is 13.3 Å². The van der Waals surface area contributed by atoms with Gasteiger partial charge in [0.1, 0.15) is 0 Å². The van der Waals surface area contributed by atoms with Crippen molar-refractivity contribution in [3.8, 4) is 0 Å². The standard InChI is InChI=1S/C18H31N7O.HI/c1-2-19-17(22-7-4-8-23-13-15-26-16-14-23)24-9-11-25(12-10-24)18-20-5-3-6-21-18;/h3,5-6H,2,4,7-16H2,1H3,(H,19,22);1H. The van der Waals surface area contributed by atoms with E-state index in [0.717, 1.165) is 90.4 Å². The molecule has 0 spiro atoms. The first-order valence-corrected chi connectivity index (χ1v) is 9.72. The molecule has 0 aliphatic carbocycles. The lowest BCUT2D eigenvalue weighted by Gasteiger charge is -2.36. The molecule has 2 aliphatic rings. The highest BCUT2D eigenvalue weighted by atomic mass is 127. The zero-order valence-corrected chi connectivity index (χ0v) is 18.5. The van der Waals surface area contributed by atoms with Crippen molar-refractivity contribution in [1.82, 2.24) is 25.1 Å². The van der Waals surface area contributed by atoms with Gasteiger partial charge in [-0.25, -0.2) is 9.97 Å². The molecule has 2 fully saturated rings. The number of aromatic nitrogens is 2. The predicted molar refractivity (Wildman–Crippen MR) is 119 cm³/mol. The van der Waals surface area contributed by atoms with Crippen LogP contribution in [0.25, 0.3) is 0 Å². The second kappa shape index (κ2) is 12.3. The summed E-state index contributed by atoms with van der Waals surface area (Å²) < 4.78 is 5.40. The lowest BCUT2D eigenvalue weighted by molar-refractivity contribution is 0.0377. The van der Waals surface area contributed by atoms with Crippen LogP contribution in [0.5, 0.6) is 0 Å². The second-order valence-corrected chi connectivity index (χ2v) is 6.57. The molecule has 1 aromatic rings. The third kappa shape index (κ3) is 7.04. The molecule has 2 aliphatic heterocycles. The summed E-state index contributed by atoms with van der Waals surface area (Å²) in [6.07, 6.45) is 4.69. The van der Waals surface area contributed by atoms with E-state index in [2.05, 4.69) is 36.9 Å². The molecule has 0 saturated carbocycles. The normalized spacial score (nSPS) is 18.9. The molecule has 0 aromatic carbocycles. The van der Waals surface area contributed by atoms with Crippen molar-refractivity contribution < 1.29 is 4.74 Å². The van der Waals surface area contributed by atoms with Crippen LogP contribution < -0.4 is 10.2 Å². The topological polar surface area (TPSA) is 69.1 Å². The first-order valence-electron chi connectivity index (χ1n) is 9.72. The van der Waals surface area contributed by atoms with E-state index in [0.29, 0.717) is 0 Å². The highest BCUT2D eigenvalue weighted by Gasteiger charge is 2.21. The van der Waals surface area contributed by atoms with E-state index in [1.165, 1.54) is 0 Å². The molecule has 27 heavy (non-hydrogen) atoms. The van der Waals surface area contributed by atoms with E-state index in [9.17, 15) is 0 Å². The number of rotatable bonds is 6. The minimum Gasteiger partial charge on any atom is -0.379 e. The number of nitrogens with one attached hydrogen (secondary N) is 1. The lowest BCUT2D eigenvalue weighted by Crippen LogP contribution is -2.53. The first kappa shape index (κ1) is 22.1. The molecule has 2 saturated heterocycles. The van der Waals surface area contributed by atoms with Gasteiger partial charge in [0.05, 0.1) is 13.2 Å². The third-order valence-electron chi connectivity index (χ3n) is 4.75. The highest BCUT2D eigenvalue weighted by Crippen LogP contribution is 2.10. The van der Waals surface area contributed by atoms with Crippen LogP contribution in [-0.2, 0) is 4.74 Å². The maximum Gasteiger partial charge on any atom is 0.225 e. The molecular weight excluding hydrogens is 457 g/mol. The Bertz CT molecular complexity index is 546. The van der Waals surface area contributed by atoms with Crippen molar-refractivity contribution in [2.24, 2.45) is 4.99 Å². The molecule has 152 valence electrons. The van der Waals surface area contributed by atoms with Crippen molar-refractivity contribution in [3.63, 3.8) is 0 Å². The van der Waals surface area contributed by atoms with Gasteiger partial charge in [-0.05, 0) is 19.4 Å². The number of guanidine groups is 1. The molecule has 1 N–H and O–H groups in total. The summed E-state index contributed by atoms with van der Waals surface area (Å²) in [5.74, 6) is 1.85. The number of hydrogen-bond donors (Lipinski definition) is 1. The molecule has 0 bridgehead atoms. The van der Waals surface area contributed by atoms with Crippen LogP contribution in [0.3, 0.4) is 0 Å². The van der Waals surface area contributed by atoms with Crippen molar-refractivity contribution in [2.75, 3.05) is 77.0 Å². The number of halogens is 1. The van der Waals surface area contributed by atoms with Gasteiger partial charge < -0.3 is 19.9 Å². The molecule has 3 rings (SSSR count). The van der Waals surface area contributed by atoms with Crippen LogP contribution in [0.15, 0.2) is 23.5 Å². The third-order valence-corrected chi connectivity index (χ3v) is 4.75. The highest BCUT2D eigenvalue weighted by molar-refractivity contribution is 14.0. The van der Waals surface area contributed by atoms with Gasteiger partial charge in [0, 0.05) is 71.3 Å². The fourth-order valence-electron chi connectivity index (χ4n) is 3.30. The zero-order chi connectivity index (χ0) is 18.0. The minimum absolute atomic E-state index is 0. The predicted octanol–water partition coefficient (Wildman–Crippen LogP) is 0.904. The number of anilines is 1. The Hall–Kier alpha value is -1.20. The van der Waals surface area contributed by atoms with Crippen LogP contribution >= 0.6 is 24.0 Å². The SMILES string of the molecule is CCNC(=NCCCN1CCOCC1)N1CCN(c2ncccn2)CC1.I. The minimum atomic E-state index is 0. The number of nitrogens with zero attached hydrogens (tertiary/aromatic N) is 6. The average molecular weight is 489 g/mol. The molecule has 0 atom stereocenters. The van der Waals surface area contributed by atoms with Gasteiger partial charge in [-0.1, -0.05) is 0 Å². The zero-order valence-electron chi connectivity index (χ0n) is 16.2. The summed E-state index contributed by atoms with van der Waals surface area (Å²) in [7, 11) is 0. The Balaban J connectivity index is 0.00000261. The number of ether oxygens (including phenoxy) is 1. The average Bonchev–Trinajstić information content (AvgIpc) is 2.72. The van der Waals surface area contributed by atoms with E-state index in [4.69, 9.17) is 9.73 Å². The fourth-order valence-corrected chi connectivity index (χ4v) is 3.30. The molecule has 8 nitrogen and oxygen atoms in total. The van der Waals surface area contributed by atoms with Gasteiger partial charge in [0.2, 0.25) is 5.95 Å². The van der Waals surface area contributed by atoms with Crippen molar-refractivity contribution in [3.05, 3.63) is 18.5 Å². The van der Waals surface area contributed by atoms with E-state index in [1.807, 2.05) is 6.07 Å². The Morgan fingerprint density at radius 2 is 1.81 bits per heavy atom. The van der Waals surface area contributed by atoms with Gasteiger partial charge in [0.15, 0.2) is 5.96 Å². The van der Waals surface area contributed by atoms with Gasteiger partial charge in [0.25, 0.3) is 0 Å². The van der Waals surface area contributed by atoms with Crippen molar-refractivity contribution >= 4 is 35.9 Å². The molecule has 9 heteroatoms. The van der Waals surface area contributed by atoms with Gasteiger partial charge in [-0.15, -0.1) is 24.0 Å². The van der Waals surface area contributed by atoms with Crippen LogP contribution in [0.4, 0.5) is 5.95 Å². The van der Waals surface area contributed by atoms with Crippen LogP contribution in [0.2, 0.25) is 0 Å². The van der Waals surface area contributed by atoms with E-state index >= 15 is 0 Å². The van der Waals surface area contributed by atoms with Gasteiger partial charge in [-0.3, -0.25) is 9.89 Å². The molecular formula is C18H32IN7O. The summed E-state index contributed by atoms with van der Waals surface area (Å²) in [6.45, 7) is 12.5. The number of hydrogen-bond acceptors (Lipinski definition) is 6. The Morgan fingerprint density at radius 3 is 2.48 bits per heavy atom. The maximum absolute atomic E-state index is 5.40. The summed E-state index contributed by atoms with van der Waals surface area (Å²) in [5.41, 5.74) is 0. The van der Waals surface area contributed by atoms with Gasteiger partial charge >= 0.3 is 0 Å². The Kier molecular flexibility index (Phi) is 10.1. The summed E-state index contributed by atoms with van der Waals surface area (Å²) in [6, 6.07) is 1.85. The smallest absolute Gasteiger partial charge is 0.225 e. The fraction of sp³-hybridized carbons (Fsp3) is 0.722. The van der Waals surface area contributed by atoms with Crippen LogP contribution in [0, 0.1) is 0 Å². The molecule has 3 heterocycles. The summed E-state index contributed by atoms with van der Waals surface area (Å²) in [5, 5.41) is 3.44. The molecule has 0 unspecified atom stereocenters. The molecule has 1 aromatic heterocycles. The van der Waals surface area contributed by atoms with E-state index in [-0.39, 0.29) is 24.0 Å². The number of morpholine rings is 1. The monoisotopic (exact) mass is 489 g/mol. The van der Waals surface area contributed by atoms with E-state index in [1.54, 1.807) is 12.4 Å². The quantitative estimate of drug-likeness (QED) is 0.276. The van der Waals surface area contributed by atoms with Crippen LogP contribution in [0.1, 0.15) is 13.3 Å². The Labute approximate surface area is 179 Å². The molecule has 0 amide bonds. The molecule has 0 radical (unpaired) electrons.